The minimum Gasteiger partial charge on any atom is -0.459 e. The molecule has 0 radical (unpaired) electrons. The molecule has 212 valence electrons. The Morgan fingerprint density at radius 1 is 0.700 bits per heavy atom. The van der Waals surface area contributed by atoms with Gasteiger partial charge in [-0.15, -0.1) is 0 Å². The lowest BCUT2D eigenvalue weighted by atomic mass is 10.0. The van der Waals surface area contributed by atoms with Gasteiger partial charge in [0.2, 0.25) is 17.7 Å². The Kier molecular flexibility index (Phi) is 9.76. The van der Waals surface area contributed by atoms with E-state index in [2.05, 4.69) is 16.0 Å². The average Bonchev–Trinajstić information content (AvgIpc) is 3.19. The second-order valence-corrected chi connectivity index (χ2v) is 9.99. The molecule has 3 rings (SSSR count). The molecule has 0 aromatic heterocycles. The van der Waals surface area contributed by atoms with E-state index in [1.807, 2.05) is 30.3 Å². The van der Waals surface area contributed by atoms with Crippen LogP contribution in [0.4, 0.5) is 0 Å². The summed E-state index contributed by atoms with van der Waals surface area (Å²) in [5, 5.41) is 7.59. The molecule has 1 aliphatic heterocycles. The Balaban J connectivity index is 1.52. The van der Waals surface area contributed by atoms with Crippen molar-refractivity contribution in [3.05, 3.63) is 71.3 Å². The van der Waals surface area contributed by atoms with Crippen LogP contribution < -0.4 is 16.0 Å². The predicted octanol–water partition coefficient (Wildman–Crippen LogP) is 1.56. The van der Waals surface area contributed by atoms with Gasteiger partial charge >= 0.3 is 5.97 Å². The number of nitrogens with zero attached hydrogens (tertiary/aromatic N) is 1. The van der Waals surface area contributed by atoms with Gasteiger partial charge in [-0.05, 0) is 44.4 Å². The molecule has 2 aromatic rings. The number of imide groups is 1. The zero-order chi connectivity index (χ0) is 29.6. The van der Waals surface area contributed by atoms with Gasteiger partial charge in [0, 0.05) is 0 Å². The molecule has 0 aliphatic carbocycles. The summed E-state index contributed by atoms with van der Waals surface area (Å²) in [5.74, 6) is -4.05. The molecule has 2 aromatic carbocycles. The maximum atomic E-state index is 12.8. The van der Waals surface area contributed by atoms with Crippen molar-refractivity contribution in [2.45, 2.75) is 65.4 Å². The van der Waals surface area contributed by atoms with E-state index < -0.39 is 59.7 Å². The Bertz CT molecular complexity index is 1260. The number of hydrogen-bond donors (Lipinski definition) is 3. The van der Waals surface area contributed by atoms with Crippen LogP contribution in [-0.4, -0.2) is 64.6 Å². The fraction of sp³-hybridized carbons (Fsp3) is 0.379. The molecule has 5 amide bonds. The zero-order valence-corrected chi connectivity index (χ0v) is 23.1. The van der Waals surface area contributed by atoms with Gasteiger partial charge in [0.25, 0.3) is 11.8 Å². The van der Waals surface area contributed by atoms with Crippen LogP contribution in [0.15, 0.2) is 54.6 Å². The van der Waals surface area contributed by atoms with Crippen LogP contribution >= 0.6 is 0 Å². The summed E-state index contributed by atoms with van der Waals surface area (Å²) in [6, 6.07) is 11.2. The number of carbonyl (C=O) groups is 6. The highest BCUT2D eigenvalue weighted by Gasteiger charge is 2.41. The van der Waals surface area contributed by atoms with E-state index in [1.54, 1.807) is 26.0 Å². The van der Waals surface area contributed by atoms with E-state index in [4.69, 9.17) is 4.74 Å². The first-order chi connectivity index (χ1) is 18.9. The Morgan fingerprint density at radius 3 is 1.70 bits per heavy atom. The SMILES string of the molecule is CC(C)[C@H](NC(=O)[C@H](C)NC(=O)[C@H](C)NC(=O)C(C)N1C(=O)c2ccccc2C1=O)C(=O)OCc1ccccc1. The standard InChI is InChI=1S/C29H34N4O7/c1-16(2)23(29(39)40-15-20-11-7-6-8-12-20)32-25(35)18(4)30-24(34)17(3)31-26(36)19(5)33-27(37)21-13-9-10-14-22(21)28(33)38/h6-14,16-19,23H,15H2,1-5H3,(H,30,34)(H,31,36)(H,32,35)/t17-,18-,19?,23-/m0/s1. The molecule has 11 nitrogen and oxygen atoms in total. The first kappa shape index (κ1) is 30.0. The third-order valence-corrected chi connectivity index (χ3v) is 6.54. The number of fused-ring (bicyclic) bond motifs is 1. The van der Waals surface area contributed by atoms with E-state index in [0.717, 1.165) is 10.5 Å². The minimum absolute atomic E-state index is 0.0569. The van der Waals surface area contributed by atoms with Crippen LogP contribution in [0.1, 0.15) is 60.9 Å². The Morgan fingerprint density at radius 2 is 1.18 bits per heavy atom. The second kappa shape index (κ2) is 13.0. The molecule has 0 fully saturated rings. The van der Waals surface area contributed by atoms with E-state index in [9.17, 15) is 28.8 Å². The lowest BCUT2D eigenvalue weighted by molar-refractivity contribution is -0.150. The van der Waals surface area contributed by atoms with E-state index in [-0.39, 0.29) is 23.7 Å². The molecule has 0 saturated heterocycles. The van der Waals surface area contributed by atoms with Crippen molar-refractivity contribution in [2.75, 3.05) is 0 Å². The largest absolute Gasteiger partial charge is 0.459 e. The molecule has 11 heteroatoms. The van der Waals surface area contributed by atoms with Crippen molar-refractivity contribution in [2.24, 2.45) is 5.92 Å². The van der Waals surface area contributed by atoms with E-state index in [1.165, 1.54) is 32.9 Å². The third-order valence-electron chi connectivity index (χ3n) is 6.54. The topological polar surface area (TPSA) is 151 Å². The molecular formula is C29H34N4O7. The van der Waals surface area contributed by atoms with Crippen molar-refractivity contribution < 1.29 is 33.5 Å². The fourth-order valence-electron chi connectivity index (χ4n) is 4.07. The molecule has 0 spiro atoms. The molecule has 1 aliphatic rings. The van der Waals surface area contributed by atoms with Gasteiger partial charge in [0.1, 0.15) is 30.8 Å². The normalized spacial score (nSPS) is 15.5. The number of amides is 5. The average molecular weight is 551 g/mol. The first-order valence-corrected chi connectivity index (χ1v) is 13.0. The third kappa shape index (κ3) is 6.90. The molecule has 1 heterocycles. The molecule has 3 N–H and O–H groups in total. The van der Waals surface area contributed by atoms with Crippen molar-refractivity contribution in [3.63, 3.8) is 0 Å². The highest BCUT2D eigenvalue weighted by Crippen LogP contribution is 2.24. The van der Waals surface area contributed by atoms with Gasteiger partial charge in [-0.25, -0.2) is 4.79 Å². The van der Waals surface area contributed by atoms with Crippen LogP contribution in [0.2, 0.25) is 0 Å². The predicted molar refractivity (Wildman–Crippen MR) is 145 cm³/mol. The molecule has 0 bridgehead atoms. The van der Waals surface area contributed by atoms with Gasteiger partial charge < -0.3 is 20.7 Å². The summed E-state index contributed by atoms with van der Waals surface area (Å²) in [5.41, 5.74) is 1.22. The van der Waals surface area contributed by atoms with Gasteiger partial charge in [-0.3, -0.25) is 28.9 Å². The zero-order valence-electron chi connectivity index (χ0n) is 23.1. The number of carbonyl (C=O) groups excluding carboxylic acids is 6. The van der Waals surface area contributed by atoms with Crippen LogP contribution in [0.5, 0.6) is 0 Å². The number of hydrogen-bond acceptors (Lipinski definition) is 7. The second-order valence-electron chi connectivity index (χ2n) is 9.99. The number of esters is 1. The minimum atomic E-state index is -1.17. The van der Waals surface area contributed by atoms with E-state index in [0.29, 0.717) is 0 Å². The molecule has 1 unspecified atom stereocenters. The Hall–Kier alpha value is -4.54. The lowest BCUT2D eigenvalue weighted by Gasteiger charge is -2.25. The summed E-state index contributed by atoms with van der Waals surface area (Å²) in [6.07, 6.45) is 0. The van der Waals surface area contributed by atoms with Crippen molar-refractivity contribution in [1.29, 1.82) is 0 Å². The summed E-state index contributed by atoms with van der Waals surface area (Å²) < 4.78 is 5.36. The summed E-state index contributed by atoms with van der Waals surface area (Å²) >= 11 is 0. The number of nitrogens with one attached hydrogen (secondary N) is 3. The van der Waals surface area contributed by atoms with Gasteiger partial charge in [0.05, 0.1) is 11.1 Å². The number of ether oxygens (including phenoxy) is 1. The summed E-state index contributed by atoms with van der Waals surface area (Å²) in [7, 11) is 0. The highest BCUT2D eigenvalue weighted by molar-refractivity contribution is 6.22. The van der Waals surface area contributed by atoms with Gasteiger partial charge in [-0.2, -0.15) is 0 Å². The monoisotopic (exact) mass is 550 g/mol. The fourth-order valence-corrected chi connectivity index (χ4v) is 4.07. The highest BCUT2D eigenvalue weighted by atomic mass is 16.5. The maximum Gasteiger partial charge on any atom is 0.329 e. The van der Waals surface area contributed by atoms with Gasteiger partial charge in [0.15, 0.2) is 0 Å². The van der Waals surface area contributed by atoms with E-state index >= 15 is 0 Å². The maximum absolute atomic E-state index is 12.8. The molecule has 40 heavy (non-hydrogen) atoms. The van der Waals surface area contributed by atoms with Gasteiger partial charge in [-0.1, -0.05) is 56.3 Å². The first-order valence-electron chi connectivity index (χ1n) is 13.0. The van der Waals surface area contributed by atoms with Crippen LogP contribution in [0.25, 0.3) is 0 Å². The lowest BCUT2D eigenvalue weighted by Crippen LogP contribution is -2.56. The van der Waals surface area contributed by atoms with Crippen LogP contribution in [0, 0.1) is 5.92 Å². The summed E-state index contributed by atoms with van der Waals surface area (Å²) in [4.78, 5) is 77.1. The molecule has 4 atom stereocenters. The molecule has 0 saturated carbocycles. The summed E-state index contributed by atoms with van der Waals surface area (Å²) in [6.45, 7) is 7.80. The van der Waals surface area contributed by atoms with Crippen molar-refractivity contribution in [3.8, 4) is 0 Å². The molecular weight excluding hydrogens is 516 g/mol. The number of benzene rings is 2. The van der Waals surface area contributed by atoms with Crippen LogP contribution in [-0.2, 0) is 30.5 Å². The van der Waals surface area contributed by atoms with Crippen molar-refractivity contribution in [1.82, 2.24) is 20.9 Å². The van der Waals surface area contributed by atoms with Crippen LogP contribution in [0.3, 0.4) is 0 Å². The quantitative estimate of drug-likeness (QED) is 0.284. The Labute approximate surface area is 232 Å². The smallest absolute Gasteiger partial charge is 0.329 e. The number of rotatable bonds is 11. The van der Waals surface area contributed by atoms with Crippen molar-refractivity contribution >= 4 is 35.5 Å².